The van der Waals surface area contributed by atoms with E-state index in [2.05, 4.69) is 5.32 Å². The summed E-state index contributed by atoms with van der Waals surface area (Å²) in [6, 6.07) is 12.3. The topological polar surface area (TPSA) is 49.4 Å². The van der Waals surface area contributed by atoms with Crippen molar-refractivity contribution in [3.8, 4) is 0 Å². The van der Waals surface area contributed by atoms with Crippen molar-refractivity contribution in [3.63, 3.8) is 0 Å². The summed E-state index contributed by atoms with van der Waals surface area (Å²) in [5.74, 6) is 0.567. The Hall–Kier alpha value is -1.40. The number of carbonyl (C=O) groups is 2. The summed E-state index contributed by atoms with van der Waals surface area (Å²) in [6.45, 7) is 4.61. The monoisotopic (exact) mass is 500 g/mol. The molecular formula is C23H27Cl3N2O2S. The summed E-state index contributed by atoms with van der Waals surface area (Å²) in [4.78, 5) is 28.3. The number of benzene rings is 2. The van der Waals surface area contributed by atoms with E-state index in [1.54, 1.807) is 35.7 Å². The van der Waals surface area contributed by atoms with Gasteiger partial charge in [-0.25, -0.2) is 0 Å². The molecule has 0 aliphatic rings. The maximum atomic E-state index is 13.0. The molecule has 2 aromatic rings. The van der Waals surface area contributed by atoms with Crippen LogP contribution in [-0.4, -0.2) is 35.1 Å². The van der Waals surface area contributed by atoms with E-state index >= 15 is 0 Å². The van der Waals surface area contributed by atoms with E-state index in [4.69, 9.17) is 34.8 Å². The molecule has 0 aliphatic carbocycles. The zero-order valence-electron chi connectivity index (χ0n) is 17.7. The Labute approximate surface area is 203 Å². The van der Waals surface area contributed by atoms with Gasteiger partial charge in [-0.2, -0.15) is 0 Å². The Morgan fingerprint density at radius 3 is 2.42 bits per heavy atom. The van der Waals surface area contributed by atoms with Crippen molar-refractivity contribution in [2.75, 3.05) is 12.3 Å². The first-order chi connectivity index (χ1) is 14.8. The van der Waals surface area contributed by atoms with Crippen LogP contribution in [0.25, 0.3) is 0 Å². The first-order valence-corrected chi connectivity index (χ1v) is 12.3. The lowest BCUT2D eigenvalue weighted by Gasteiger charge is -2.29. The van der Waals surface area contributed by atoms with Gasteiger partial charge < -0.3 is 10.2 Å². The normalized spacial score (nSPS) is 11.8. The van der Waals surface area contributed by atoms with E-state index < -0.39 is 6.04 Å². The van der Waals surface area contributed by atoms with Gasteiger partial charge >= 0.3 is 0 Å². The van der Waals surface area contributed by atoms with Crippen molar-refractivity contribution in [3.05, 3.63) is 63.1 Å². The van der Waals surface area contributed by atoms with Crippen molar-refractivity contribution in [2.24, 2.45) is 0 Å². The highest BCUT2D eigenvalue weighted by atomic mass is 35.5. The van der Waals surface area contributed by atoms with Gasteiger partial charge in [0, 0.05) is 29.4 Å². The summed E-state index contributed by atoms with van der Waals surface area (Å²) >= 11 is 19.7. The molecule has 31 heavy (non-hydrogen) atoms. The second kappa shape index (κ2) is 13.2. The van der Waals surface area contributed by atoms with Crippen molar-refractivity contribution < 1.29 is 9.59 Å². The maximum Gasteiger partial charge on any atom is 0.242 e. The fraction of sp³-hybridized carbons (Fsp3) is 0.391. The number of hydrogen-bond donors (Lipinski definition) is 1. The van der Waals surface area contributed by atoms with Crippen molar-refractivity contribution >= 4 is 58.4 Å². The van der Waals surface area contributed by atoms with Crippen LogP contribution in [0.15, 0.2) is 47.4 Å². The largest absolute Gasteiger partial charge is 0.354 e. The second-order valence-electron chi connectivity index (χ2n) is 7.14. The van der Waals surface area contributed by atoms with E-state index in [1.807, 2.05) is 37.3 Å². The van der Waals surface area contributed by atoms with Crippen LogP contribution in [0, 0.1) is 0 Å². The maximum absolute atomic E-state index is 13.0. The minimum absolute atomic E-state index is 0.0677. The molecule has 0 saturated heterocycles. The zero-order chi connectivity index (χ0) is 22.8. The van der Waals surface area contributed by atoms with Gasteiger partial charge in [-0.1, -0.05) is 47.8 Å². The SMILES string of the molecule is CCCNC(=O)[C@@H](C)N(Cc1ccc(Cl)c(Cl)c1)C(=O)CCCSc1ccc(Cl)cc1. The molecule has 4 nitrogen and oxygen atoms in total. The smallest absolute Gasteiger partial charge is 0.242 e. The van der Waals surface area contributed by atoms with Crippen LogP contribution in [0.5, 0.6) is 0 Å². The number of halogens is 3. The molecule has 0 bridgehead atoms. The first-order valence-electron chi connectivity index (χ1n) is 10.2. The Morgan fingerprint density at radius 2 is 1.77 bits per heavy atom. The minimum Gasteiger partial charge on any atom is -0.354 e. The molecule has 0 saturated carbocycles. The number of rotatable bonds is 11. The highest BCUT2D eigenvalue weighted by Crippen LogP contribution is 2.25. The summed E-state index contributed by atoms with van der Waals surface area (Å²) in [6.07, 6.45) is 1.89. The Balaban J connectivity index is 2.01. The van der Waals surface area contributed by atoms with E-state index in [-0.39, 0.29) is 11.8 Å². The molecule has 0 radical (unpaired) electrons. The van der Waals surface area contributed by atoms with Gasteiger partial charge in [0.25, 0.3) is 0 Å². The number of amides is 2. The molecular weight excluding hydrogens is 475 g/mol. The Bertz CT molecular complexity index is 878. The van der Waals surface area contributed by atoms with Gasteiger partial charge in [0.15, 0.2) is 0 Å². The highest BCUT2D eigenvalue weighted by molar-refractivity contribution is 7.99. The average molecular weight is 502 g/mol. The van der Waals surface area contributed by atoms with E-state index in [0.717, 1.165) is 22.6 Å². The molecule has 0 aromatic heterocycles. The Morgan fingerprint density at radius 1 is 1.06 bits per heavy atom. The molecule has 1 atom stereocenters. The van der Waals surface area contributed by atoms with Crippen molar-refractivity contribution in [1.82, 2.24) is 10.2 Å². The standard InChI is InChI=1S/C23H27Cl3N2O2S/c1-3-12-27-23(30)16(2)28(15-17-6-11-20(25)21(26)14-17)22(29)5-4-13-31-19-9-7-18(24)8-10-19/h6-11,14,16H,3-5,12-13,15H2,1-2H3,(H,27,30)/t16-/m1/s1. The third-order valence-electron chi connectivity index (χ3n) is 4.67. The van der Waals surface area contributed by atoms with Gasteiger partial charge in [0.05, 0.1) is 10.0 Å². The van der Waals surface area contributed by atoms with Crippen molar-refractivity contribution in [2.45, 2.75) is 50.6 Å². The van der Waals surface area contributed by atoms with Crippen LogP contribution in [0.4, 0.5) is 0 Å². The molecule has 0 fully saturated rings. The predicted molar refractivity (Wildman–Crippen MR) is 131 cm³/mol. The number of carbonyl (C=O) groups excluding carboxylic acids is 2. The molecule has 2 amide bonds. The van der Waals surface area contributed by atoms with Crippen LogP contribution in [0.2, 0.25) is 15.1 Å². The molecule has 0 aliphatic heterocycles. The lowest BCUT2D eigenvalue weighted by atomic mass is 10.1. The van der Waals surface area contributed by atoms with Gasteiger partial charge in [-0.3, -0.25) is 9.59 Å². The molecule has 2 rings (SSSR count). The minimum atomic E-state index is -0.586. The molecule has 2 aromatic carbocycles. The van der Waals surface area contributed by atoms with E-state index in [0.29, 0.717) is 41.0 Å². The number of nitrogens with zero attached hydrogens (tertiary/aromatic N) is 1. The quantitative estimate of drug-likeness (QED) is 0.284. The first kappa shape index (κ1) is 25.9. The number of thioether (sulfide) groups is 1. The third-order valence-corrected chi connectivity index (χ3v) is 6.76. The molecule has 168 valence electrons. The fourth-order valence-electron chi connectivity index (χ4n) is 2.90. The van der Waals surface area contributed by atoms with Crippen LogP contribution >= 0.6 is 46.6 Å². The van der Waals surface area contributed by atoms with Crippen LogP contribution in [0.1, 0.15) is 38.7 Å². The summed E-state index contributed by atoms with van der Waals surface area (Å²) < 4.78 is 0. The Kier molecular flexibility index (Phi) is 11.0. The van der Waals surface area contributed by atoms with E-state index in [1.165, 1.54) is 0 Å². The van der Waals surface area contributed by atoms with Gasteiger partial charge in [0.1, 0.15) is 6.04 Å². The molecule has 0 unspecified atom stereocenters. The molecule has 0 heterocycles. The van der Waals surface area contributed by atoms with Gasteiger partial charge in [-0.05, 0) is 67.5 Å². The third kappa shape index (κ3) is 8.57. The molecule has 1 N–H and O–H groups in total. The summed E-state index contributed by atoms with van der Waals surface area (Å²) in [5.41, 5.74) is 0.827. The van der Waals surface area contributed by atoms with E-state index in [9.17, 15) is 9.59 Å². The lowest BCUT2D eigenvalue weighted by molar-refractivity contribution is -0.140. The lowest BCUT2D eigenvalue weighted by Crippen LogP contribution is -2.47. The zero-order valence-corrected chi connectivity index (χ0v) is 20.8. The fourth-order valence-corrected chi connectivity index (χ4v) is 4.20. The van der Waals surface area contributed by atoms with Crippen LogP contribution in [0.3, 0.4) is 0 Å². The summed E-state index contributed by atoms with van der Waals surface area (Å²) in [7, 11) is 0. The van der Waals surface area contributed by atoms with Crippen molar-refractivity contribution in [1.29, 1.82) is 0 Å². The second-order valence-corrected chi connectivity index (χ2v) is 9.56. The number of nitrogens with one attached hydrogen (secondary N) is 1. The highest BCUT2D eigenvalue weighted by Gasteiger charge is 2.25. The average Bonchev–Trinajstić information content (AvgIpc) is 2.76. The predicted octanol–water partition coefficient (Wildman–Crippen LogP) is 6.46. The number of hydrogen-bond acceptors (Lipinski definition) is 3. The molecule has 8 heteroatoms. The van der Waals surface area contributed by atoms with Crippen LogP contribution in [-0.2, 0) is 16.1 Å². The van der Waals surface area contributed by atoms with Crippen LogP contribution < -0.4 is 5.32 Å². The van der Waals surface area contributed by atoms with Gasteiger partial charge in [0.2, 0.25) is 11.8 Å². The summed E-state index contributed by atoms with van der Waals surface area (Å²) in [5, 5.41) is 4.45. The van der Waals surface area contributed by atoms with Gasteiger partial charge in [-0.15, -0.1) is 11.8 Å². The molecule has 0 spiro atoms.